The quantitative estimate of drug-likeness (QED) is 0.664. The molecule has 1 aliphatic heterocycles. The molecule has 1 fully saturated rings. The van der Waals surface area contributed by atoms with Gasteiger partial charge in [0.1, 0.15) is 0 Å². The Labute approximate surface area is 102 Å². The average Bonchev–Trinajstić information content (AvgIpc) is 2.28. The van der Waals surface area contributed by atoms with E-state index in [1.54, 1.807) is 6.92 Å². The summed E-state index contributed by atoms with van der Waals surface area (Å²) in [5.41, 5.74) is -0.308. The van der Waals surface area contributed by atoms with Crippen LogP contribution in [0.5, 0.6) is 0 Å². The first kappa shape index (κ1) is 14.0. The molecule has 0 bridgehead atoms. The highest BCUT2D eigenvalue weighted by atomic mass is 16.4. The van der Waals surface area contributed by atoms with Gasteiger partial charge in [-0.15, -0.1) is 0 Å². The summed E-state index contributed by atoms with van der Waals surface area (Å²) in [6, 6.07) is -0.307. The number of hydrogen-bond donors (Lipinski definition) is 3. The molecule has 0 aromatic carbocycles. The van der Waals surface area contributed by atoms with Gasteiger partial charge in [-0.05, 0) is 39.3 Å². The number of aliphatic carboxylic acids is 1. The Morgan fingerprint density at radius 2 is 2.00 bits per heavy atom. The maximum Gasteiger partial charge on any atom is 0.305 e. The number of carboxylic acids is 1. The van der Waals surface area contributed by atoms with Gasteiger partial charge in [0.2, 0.25) is 5.91 Å². The van der Waals surface area contributed by atoms with Crippen molar-refractivity contribution < 1.29 is 14.7 Å². The van der Waals surface area contributed by atoms with E-state index < -0.39 is 5.97 Å². The van der Waals surface area contributed by atoms with E-state index in [4.69, 9.17) is 5.11 Å². The molecule has 98 valence electrons. The van der Waals surface area contributed by atoms with Crippen molar-refractivity contribution in [2.75, 3.05) is 13.1 Å². The minimum atomic E-state index is -0.881. The highest BCUT2D eigenvalue weighted by Gasteiger charge is 2.38. The Balaban J connectivity index is 2.57. The minimum absolute atomic E-state index is 0.00949. The normalized spacial score (nSPS) is 20.6. The van der Waals surface area contributed by atoms with Gasteiger partial charge in [0.25, 0.3) is 0 Å². The Hall–Kier alpha value is -1.10. The van der Waals surface area contributed by atoms with Crippen molar-refractivity contribution in [3.05, 3.63) is 0 Å². The predicted molar refractivity (Wildman–Crippen MR) is 64.7 cm³/mol. The van der Waals surface area contributed by atoms with Crippen LogP contribution < -0.4 is 10.6 Å². The molecule has 1 aliphatic rings. The van der Waals surface area contributed by atoms with Gasteiger partial charge in [-0.3, -0.25) is 9.59 Å². The third-order valence-corrected chi connectivity index (χ3v) is 3.58. The van der Waals surface area contributed by atoms with E-state index in [0.717, 1.165) is 32.4 Å². The molecule has 3 N–H and O–H groups in total. The first-order valence-corrected chi connectivity index (χ1v) is 6.23. The van der Waals surface area contributed by atoms with Gasteiger partial charge >= 0.3 is 5.97 Å². The SMILES string of the molecule is CCC1(C(=O)NC(C)CC(=O)O)CCNCC1. The van der Waals surface area contributed by atoms with Crippen LogP contribution in [-0.2, 0) is 9.59 Å². The summed E-state index contributed by atoms with van der Waals surface area (Å²) in [6.45, 7) is 5.46. The van der Waals surface area contributed by atoms with Crippen LogP contribution in [0.3, 0.4) is 0 Å². The third kappa shape index (κ3) is 3.70. The van der Waals surface area contributed by atoms with Crippen LogP contribution in [0.15, 0.2) is 0 Å². The highest BCUT2D eigenvalue weighted by molar-refractivity contribution is 5.83. The fourth-order valence-corrected chi connectivity index (χ4v) is 2.34. The zero-order chi connectivity index (χ0) is 12.9. The summed E-state index contributed by atoms with van der Waals surface area (Å²) in [6.07, 6.45) is 2.44. The smallest absolute Gasteiger partial charge is 0.305 e. The van der Waals surface area contributed by atoms with E-state index in [9.17, 15) is 9.59 Å². The second-order valence-electron chi connectivity index (χ2n) is 4.86. The molecule has 17 heavy (non-hydrogen) atoms. The summed E-state index contributed by atoms with van der Waals surface area (Å²) in [5, 5.41) is 14.7. The van der Waals surface area contributed by atoms with Crippen LogP contribution in [0.4, 0.5) is 0 Å². The lowest BCUT2D eigenvalue weighted by atomic mass is 9.75. The summed E-state index contributed by atoms with van der Waals surface area (Å²) in [7, 11) is 0. The van der Waals surface area contributed by atoms with Gasteiger partial charge in [0.05, 0.1) is 11.8 Å². The van der Waals surface area contributed by atoms with Gasteiger partial charge in [-0.25, -0.2) is 0 Å². The molecule has 0 aromatic heterocycles. The molecule has 1 atom stereocenters. The lowest BCUT2D eigenvalue weighted by Crippen LogP contribution is -2.49. The van der Waals surface area contributed by atoms with Crippen LogP contribution in [0.1, 0.15) is 39.5 Å². The number of hydrogen-bond acceptors (Lipinski definition) is 3. The number of carboxylic acid groups (broad SMARTS) is 1. The van der Waals surface area contributed by atoms with Gasteiger partial charge in [-0.1, -0.05) is 6.92 Å². The van der Waals surface area contributed by atoms with E-state index >= 15 is 0 Å². The minimum Gasteiger partial charge on any atom is -0.481 e. The van der Waals surface area contributed by atoms with Crippen molar-refractivity contribution in [2.24, 2.45) is 5.41 Å². The van der Waals surface area contributed by atoms with Gasteiger partial charge in [0, 0.05) is 6.04 Å². The van der Waals surface area contributed by atoms with E-state index in [-0.39, 0.29) is 23.8 Å². The average molecular weight is 242 g/mol. The van der Waals surface area contributed by atoms with Crippen molar-refractivity contribution in [3.8, 4) is 0 Å². The van der Waals surface area contributed by atoms with Crippen molar-refractivity contribution in [1.29, 1.82) is 0 Å². The summed E-state index contributed by atoms with van der Waals surface area (Å²) in [5.74, 6) is -0.871. The molecule has 1 rings (SSSR count). The maximum absolute atomic E-state index is 12.2. The lowest BCUT2D eigenvalue weighted by Gasteiger charge is -2.36. The number of carbonyl (C=O) groups is 2. The Kier molecular flexibility index (Phi) is 4.93. The molecule has 1 heterocycles. The topological polar surface area (TPSA) is 78.4 Å². The summed E-state index contributed by atoms with van der Waals surface area (Å²) >= 11 is 0. The van der Waals surface area contributed by atoms with Crippen LogP contribution >= 0.6 is 0 Å². The Morgan fingerprint density at radius 1 is 1.41 bits per heavy atom. The van der Waals surface area contributed by atoms with Gasteiger partial charge < -0.3 is 15.7 Å². The fraction of sp³-hybridized carbons (Fsp3) is 0.833. The third-order valence-electron chi connectivity index (χ3n) is 3.58. The van der Waals surface area contributed by atoms with E-state index in [1.807, 2.05) is 6.92 Å². The Bertz CT molecular complexity index is 285. The summed E-state index contributed by atoms with van der Waals surface area (Å²) in [4.78, 5) is 22.8. The molecule has 0 aromatic rings. The van der Waals surface area contributed by atoms with Crippen LogP contribution in [0.25, 0.3) is 0 Å². The van der Waals surface area contributed by atoms with Crippen molar-refractivity contribution in [3.63, 3.8) is 0 Å². The first-order chi connectivity index (χ1) is 8.00. The second-order valence-corrected chi connectivity index (χ2v) is 4.86. The predicted octanol–water partition coefficient (Wildman–Crippen LogP) is 0.746. The molecule has 1 unspecified atom stereocenters. The second kappa shape index (κ2) is 6.00. The van der Waals surface area contributed by atoms with Crippen LogP contribution in [0, 0.1) is 5.41 Å². The first-order valence-electron chi connectivity index (χ1n) is 6.23. The largest absolute Gasteiger partial charge is 0.481 e. The number of piperidine rings is 1. The lowest BCUT2D eigenvalue weighted by molar-refractivity contribution is -0.138. The van der Waals surface area contributed by atoms with Crippen LogP contribution in [-0.4, -0.2) is 36.1 Å². The molecule has 5 nitrogen and oxygen atoms in total. The molecular weight excluding hydrogens is 220 g/mol. The number of nitrogens with one attached hydrogen (secondary N) is 2. The van der Waals surface area contributed by atoms with E-state index in [0.29, 0.717) is 0 Å². The maximum atomic E-state index is 12.2. The molecule has 1 saturated heterocycles. The van der Waals surface area contributed by atoms with E-state index in [1.165, 1.54) is 0 Å². The van der Waals surface area contributed by atoms with E-state index in [2.05, 4.69) is 10.6 Å². The number of rotatable bonds is 5. The molecule has 0 spiro atoms. The highest BCUT2D eigenvalue weighted by Crippen LogP contribution is 2.32. The van der Waals surface area contributed by atoms with Gasteiger partial charge in [-0.2, -0.15) is 0 Å². The van der Waals surface area contributed by atoms with Gasteiger partial charge in [0.15, 0.2) is 0 Å². The molecule has 0 aliphatic carbocycles. The fourth-order valence-electron chi connectivity index (χ4n) is 2.34. The molecule has 1 amide bonds. The monoisotopic (exact) mass is 242 g/mol. The Morgan fingerprint density at radius 3 is 2.47 bits per heavy atom. The van der Waals surface area contributed by atoms with Crippen LogP contribution in [0.2, 0.25) is 0 Å². The number of carbonyl (C=O) groups excluding carboxylic acids is 1. The number of amides is 1. The zero-order valence-electron chi connectivity index (χ0n) is 10.6. The van der Waals surface area contributed by atoms with Crippen molar-refractivity contribution in [2.45, 2.75) is 45.6 Å². The zero-order valence-corrected chi connectivity index (χ0v) is 10.6. The van der Waals surface area contributed by atoms with Crippen molar-refractivity contribution in [1.82, 2.24) is 10.6 Å². The molecule has 0 saturated carbocycles. The molecule has 0 radical (unpaired) electrons. The molecular formula is C12H22N2O3. The van der Waals surface area contributed by atoms with Crippen molar-refractivity contribution >= 4 is 11.9 Å². The molecule has 5 heteroatoms. The summed E-state index contributed by atoms with van der Waals surface area (Å²) < 4.78 is 0. The standard InChI is InChI=1S/C12H22N2O3/c1-3-12(4-6-13-7-5-12)11(17)14-9(2)8-10(15)16/h9,13H,3-8H2,1-2H3,(H,14,17)(H,15,16).